The first-order chi connectivity index (χ1) is 23.6. The van der Waals surface area contributed by atoms with Crippen molar-refractivity contribution in [2.75, 3.05) is 47.1 Å². The molecule has 0 amide bonds. The molecule has 0 spiro atoms. The highest BCUT2D eigenvalue weighted by Crippen LogP contribution is 2.67. The number of hydrogen-bond acceptors (Lipinski definition) is 4. The van der Waals surface area contributed by atoms with Crippen molar-refractivity contribution in [2.45, 2.75) is 169 Å². The number of rotatable bonds is 23. The van der Waals surface area contributed by atoms with E-state index in [-0.39, 0.29) is 0 Å². The van der Waals surface area contributed by atoms with Crippen molar-refractivity contribution in [1.29, 1.82) is 0 Å². The van der Waals surface area contributed by atoms with Gasteiger partial charge in [-0.15, -0.1) is 0 Å². The Hall–Kier alpha value is -0.680. The van der Waals surface area contributed by atoms with E-state index in [1.165, 1.54) is 103 Å². The van der Waals surface area contributed by atoms with E-state index in [1.807, 2.05) is 0 Å². The summed E-state index contributed by atoms with van der Waals surface area (Å²) < 4.78 is 18.4. The molecular weight excluding hydrogens is 602 g/mol. The number of nitrogens with zero attached hydrogens (tertiary/aromatic N) is 1. The van der Waals surface area contributed by atoms with E-state index in [0.717, 1.165) is 74.8 Å². The lowest BCUT2D eigenvalue weighted by molar-refractivity contribution is -0.0641. The van der Waals surface area contributed by atoms with E-state index >= 15 is 0 Å². The van der Waals surface area contributed by atoms with Crippen LogP contribution in [-0.2, 0) is 14.2 Å². The summed E-state index contributed by atoms with van der Waals surface area (Å²) in [5.41, 5.74) is 2.80. The predicted octanol–water partition coefficient (Wildman–Crippen LogP) is 11.7. The third-order valence-electron chi connectivity index (χ3n) is 14.3. The van der Waals surface area contributed by atoms with Crippen molar-refractivity contribution in [3.8, 4) is 0 Å². The van der Waals surface area contributed by atoms with Crippen LogP contribution < -0.4 is 0 Å². The van der Waals surface area contributed by atoms with E-state index in [9.17, 15) is 0 Å². The Morgan fingerprint density at radius 3 is 2.29 bits per heavy atom. The quantitative estimate of drug-likeness (QED) is 0.0792. The summed E-state index contributed by atoms with van der Waals surface area (Å²) in [4.78, 5) is 2.21. The van der Waals surface area contributed by atoms with Gasteiger partial charge < -0.3 is 19.1 Å². The van der Waals surface area contributed by atoms with Gasteiger partial charge in [0.05, 0.1) is 32.0 Å². The highest BCUT2D eigenvalue weighted by Gasteiger charge is 2.59. The molecule has 9 atom stereocenters. The van der Waals surface area contributed by atoms with Crippen molar-refractivity contribution >= 4 is 0 Å². The molecule has 284 valence electrons. The predicted molar refractivity (Wildman–Crippen MR) is 209 cm³/mol. The van der Waals surface area contributed by atoms with Crippen LogP contribution in [0.4, 0.5) is 0 Å². The van der Waals surface area contributed by atoms with Crippen LogP contribution in [0.3, 0.4) is 0 Å². The maximum atomic E-state index is 6.56. The van der Waals surface area contributed by atoms with Gasteiger partial charge in [-0.2, -0.15) is 0 Å². The summed E-state index contributed by atoms with van der Waals surface area (Å²) >= 11 is 0. The largest absolute Gasteiger partial charge is 0.380 e. The number of allylic oxidation sites excluding steroid dienone is 2. The molecule has 0 saturated heterocycles. The monoisotopic (exact) mass is 684 g/mol. The summed E-state index contributed by atoms with van der Waals surface area (Å²) in [6, 6.07) is 0.320. The van der Waals surface area contributed by atoms with Crippen molar-refractivity contribution in [3.63, 3.8) is 0 Å². The van der Waals surface area contributed by atoms with Crippen LogP contribution in [0.25, 0.3) is 0 Å². The number of fused-ring (bicyclic) bond motifs is 5. The van der Waals surface area contributed by atoms with E-state index in [0.29, 0.717) is 29.6 Å². The fraction of sp³-hybridized carbons (Fsp3) is 0.911. The summed E-state index contributed by atoms with van der Waals surface area (Å²) in [6.45, 7) is 18.9. The highest BCUT2D eigenvalue weighted by atomic mass is 16.5. The topological polar surface area (TPSA) is 30.9 Å². The molecule has 3 saturated carbocycles. The van der Waals surface area contributed by atoms with Gasteiger partial charge in [0.2, 0.25) is 0 Å². The molecule has 0 radical (unpaired) electrons. The Balaban J connectivity index is 1.08. The first-order valence-corrected chi connectivity index (χ1v) is 21.4. The Bertz CT molecular complexity index is 990. The molecule has 49 heavy (non-hydrogen) atoms. The van der Waals surface area contributed by atoms with Gasteiger partial charge in [-0.3, -0.25) is 0 Å². The number of hydrogen-bond donors (Lipinski definition) is 0. The number of likely N-dealkylation sites (N-methyl/N-ethyl adjacent to an activating group) is 1. The normalized spacial score (nSPS) is 32.7. The Morgan fingerprint density at radius 2 is 1.55 bits per heavy atom. The average Bonchev–Trinajstić information content (AvgIpc) is 3.43. The van der Waals surface area contributed by atoms with E-state index in [4.69, 9.17) is 14.2 Å². The van der Waals surface area contributed by atoms with Crippen molar-refractivity contribution < 1.29 is 14.2 Å². The second-order valence-corrected chi connectivity index (χ2v) is 18.3. The lowest BCUT2D eigenvalue weighted by Gasteiger charge is -2.58. The van der Waals surface area contributed by atoms with Gasteiger partial charge in [0.15, 0.2) is 0 Å². The molecule has 4 heteroatoms. The van der Waals surface area contributed by atoms with Crippen LogP contribution in [-0.4, -0.2) is 64.2 Å². The molecule has 4 aliphatic rings. The molecule has 0 aromatic carbocycles. The smallest absolute Gasteiger partial charge is 0.0648 e. The molecule has 4 aliphatic carbocycles. The Kier molecular flexibility index (Phi) is 17.2. The molecular formula is C45H81NO3. The zero-order valence-corrected chi connectivity index (χ0v) is 33.8. The molecule has 0 heterocycles. The van der Waals surface area contributed by atoms with Gasteiger partial charge in [0.25, 0.3) is 0 Å². The number of unbranched alkanes of at least 4 members (excludes halogenated alkanes) is 5. The SMILES string of the molecule is CC/C=C\COC[C@H](COCCCCCCCCO[C@H]1CCC2(C)C(=CCC3[C@@H]2CCC2(C)[C@@H]([C@H](C)CCCC(C)C)CC[C@@H]32)C1)N(C)C. The molecule has 0 N–H and O–H groups in total. The zero-order chi connectivity index (χ0) is 35.3. The first-order valence-electron chi connectivity index (χ1n) is 21.4. The molecule has 0 aliphatic heterocycles. The summed E-state index contributed by atoms with van der Waals surface area (Å²) in [6.07, 6.45) is 31.5. The summed E-state index contributed by atoms with van der Waals surface area (Å²) in [5.74, 6) is 5.50. The second kappa shape index (κ2) is 20.5. The molecule has 3 unspecified atom stereocenters. The standard InChI is InChI=1S/C45H81NO3/c1-9-10-15-29-47-33-38(46(7)8)34-48-30-16-13-11-12-14-17-31-49-39-25-27-44(5)37(32-39)21-22-40-42-24-23-41(36(4)20-18-19-35(2)3)45(42,6)28-26-43(40)44/h10,15,21,35-36,38-43H,9,11-14,16-20,22-34H2,1-8H3/b15-10-/t36-,38-,39+,40?,41-,42+,43+,44?,45?/m1/s1. The molecule has 4 nitrogen and oxygen atoms in total. The van der Waals surface area contributed by atoms with Gasteiger partial charge >= 0.3 is 0 Å². The summed E-state index contributed by atoms with van der Waals surface area (Å²) in [5, 5.41) is 0. The minimum Gasteiger partial charge on any atom is -0.380 e. The zero-order valence-electron chi connectivity index (χ0n) is 33.8. The first kappa shape index (κ1) is 41.1. The van der Waals surface area contributed by atoms with Gasteiger partial charge in [-0.05, 0) is 131 Å². The molecule has 0 aromatic heterocycles. The van der Waals surface area contributed by atoms with Crippen LogP contribution >= 0.6 is 0 Å². The van der Waals surface area contributed by atoms with Gasteiger partial charge in [0.1, 0.15) is 0 Å². The van der Waals surface area contributed by atoms with Crippen LogP contribution in [0.2, 0.25) is 0 Å². The minimum atomic E-state index is 0.320. The third kappa shape index (κ3) is 11.4. The van der Waals surface area contributed by atoms with Crippen LogP contribution in [0.15, 0.2) is 23.8 Å². The fourth-order valence-electron chi connectivity index (χ4n) is 11.1. The number of ether oxygens (including phenoxy) is 3. The lowest BCUT2D eigenvalue weighted by Crippen LogP contribution is -2.51. The van der Waals surface area contributed by atoms with Gasteiger partial charge in [-0.25, -0.2) is 0 Å². The highest BCUT2D eigenvalue weighted by molar-refractivity contribution is 5.25. The Morgan fingerprint density at radius 1 is 0.816 bits per heavy atom. The van der Waals surface area contributed by atoms with Gasteiger partial charge in [0, 0.05) is 13.2 Å². The maximum absolute atomic E-state index is 6.56. The van der Waals surface area contributed by atoms with Crippen LogP contribution in [0.5, 0.6) is 0 Å². The fourth-order valence-corrected chi connectivity index (χ4v) is 11.1. The lowest BCUT2D eigenvalue weighted by atomic mass is 9.47. The Labute approximate surface area is 304 Å². The average molecular weight is 684 g/mol. The minimum absolute atomic E-state index is 0.320. The molecule has 0 bridgehead atoms. The maximum Gasteiger partial charge on any atom is 0.0648 e. The molecule has 0 aromatic rings. The molecule has 3 fully saturated rings. The van der Waals surface area contributed by atoms with E-state index in [2.05, 4.69) is 78.8 Å². The van der Waals surface area contributed by atoms with E-state index in [1.54, 1.807) is 5.57 Å². The second-order valence-electron chi connectivity index (χ2n) is 18.3. The van der Waals surface area contributed by atoms with E-state index < -0.39 is 0 Å². The third-order valence-corrected chi connectivity index (χ3v) is 14.3. The van der Waals surface area contributed by atoms with Gasteiger partial charge in [-0.1, -0.05) is 110 Å². The molecule has 4 rings (SSSR count). The van der Waals surface area contributed by atoms with Crippen molar-refractivity contribution in [3.05, 3.63) is 23.8 Å². The summed E-state index contributed by atoms with van der Waals surface area (Å²) in [7, 11) is 4.23. The van der Waals surface area contributed by atoms with Crippen molar-refractivity contribution in [2.24, 2.45) is 46.3 Å². The van der Waals surface area contributed by atoms with Crippen LogP contribution in [0.1, 0.15) is 157 Å². The van der Waals surface area contributed by atoms with Crippen LogP contribution in [0, 0.1) is 46.3 Å². The van der Waals surface area contributed by atoms with Crippen molar-refractivity contribution in [1.82, 2.24) is 4.90 Å².